The van der Waals surface area contributed by atoms with Gasteiger partial charge in [0.1, 0.15) is 5.54 Å². The first-order valence-corrected chi connectivity index (χ1v) is 7.22. The van der Waals surface area contributed by atoms with Crippen LogP contribution in [0.1, 0.15) is 52.9 Å². The first kappa shape index (κ1) is 15.4. The van der Waals surface area contributed by atoms with Crippen LogP contribution >= 0.6 is 0 Å². The molecule has 1 rings (SSSR count). The Morgan fingerprint density at radius 3 is 2.50 bits per heavy atom. The molecule has 18 heavy (non-hydrogen) atoms. The summed E-state index contributed by atoms with van der Waals surface area (Å²) in [6.45, 7) is 9.01. The van der Waals surface area contributed by atoms with Crippen LogP contribution < -0.4 is 5.32 Å². The number of hydrogen-bond donors (Lipinski definition) is 2. The number of carboxylic acid groups (broad SMARTS) is 1. The van der Waals surface area contributed by atoms with Crippen LogP contribution in [0.5, 0.6) is 0 Å². The van der Waals surface area contributed by atoms with Crippen LogP contribution in [0.3, 0.4) is 0 Å². The van der Waals surface area contributed by atoms with Crippen LogP contribution in [0.4, 0.5) is 0 Å². The lowest BCUT2D eigenvalue weighted by molar-refractivity contribution is -0.145. The van der Waals surface area contributed by atoms with E-state index in [1.165, 1.54) is 19.3 Å². The van der Waals surface area contributed by atoms with E-state index in [1.54, 1.807) is 0 Å². The van der Waals surface area contributed by atoms with Crippen molar-refractivity contribution in [3.8, 4) is 0 Å². The van der Waals surface area contributed by atoms with Crippen molar-refractivity contribution in [3.63, 3.8) is 0 Å². The molecule has 0 saturated carbocycles. The zero-order valence-electron chi connectivity index (χ0n) is 12.0. The number of carbonyl (C=O) groups is 1. The third kappa shape index (κ3) is 4.25. The summed E-state index contributed by atoms with van der Waals surface area (Å²) < 4.78 is 0. The number of carboxylic acids is 1. The summed E-state index contributed by atoms with van der Waals surface area (Å²) >= 11 is 0. The molecule has 0 bridgehead atoms. The summed E-state index contributed by atoms with van der Waals surface area (Å²) in [5.74, 6) is -0.736. The molecule has 1 saturated heterocycles. The maximum absolute atomic E-state index is 11.5. The molecule has 4 heteroatoms. The molecule has 4 nitrogen and oxygen atoms in total. The third-order valence-electron chi connectivity index (χ3n) is 3.95. The van der Waals surface area contributed by atoms with Gasteiger partial charge in [-0.1, -0.05) is 13.3 Å². The minimum Gasteiger partial charge on any atom is -0.480 e. The molecular weight excluding hydrogens is 228 g/mol. The number of hydrogen-bond acceptors (Lipinski definition) is 3. The second-order valence-corrected chi connectivity index (χ2v) is 5.71. The van der Waals surface area contributed by atoms with Gasteiger partial charge in [0, 0.05) is 6.04 Å². The van der Waals surface area contributed by atoms with E-state index in [0.717, 1.165) is 26.1 Å². The maximum atomic E-state index is 11.5. The van der Waals surface area contributed by atoms with Crippen molar-refractivity contribution < 1.29 is 9.90 Å². The van der Waals surface area contributed by atoms with Crippen molar-refractivity contribution in [2.75, 3.05) is 19.6 Å². The SMILES string of the molecule is CCCNC(C)(CC(C)N1CCCCC1)C(=O)O. The van der Waals surface area contributed by atoms with E-state index in [-0.39, 0.29) is 0 Å². The minimum atomic E-state index is -0.799. The van der Waals surface area contributed by atoms with E-state index in [0.29, 0.717) is 12.5 Å². The lowest BCUT2D eigenvalue weighted by Crippen LogP contribution is -2.54. The quantitative estimate of drug-likeness (QED) is 0.732. The Morgan fingerprint density at radius 2 is 2.00 bits per heavy atom. The minimum absolute atomic E-state index is 0.329. The highest BCUT2D eigenvalue weighted by atomic mass is 16.4. The number of likely N-dealkylation sites (tertiary alicyclic amines) is 1. The standard InChI is InChI=1S/C14H28N2O2/c1-4-8-15-14(3,13(17)18)11-12(2)16-9-6-5-7-10-16/h12,15H,4-11H2,1-3H3,(H,17,18). The molecule has 0 amide bonds. The van der Waals surface area contributed by atoms with E-state index in [1.807, 2.05) is 6.92 Å². The van der Waals surface area contributed by atoms with Crippen LogP contribution in [0.2, 0.25) is 0 Å². The van der Waals surface area contributed by atoms with Gasteiger partial charge in [-0.25, -0.2) is 0 Å². The Hall–Kier alpha value is -0.610. The summed E-state index contributed by atoms with van der Waals surface area (Å²) in [4.78, 5) is 13.9. The van der Waals surface area contributed by atoms with Crippen molar-refractivity contribution in [2.24, 2.45) is 0 Å². The van der Waals surface area contributed by atoms with Crippen LogP contribution in [-0.2, 0) is 4.79 Å². The topological polar surface area (TPSA) is 52.6 Å². The lowest BCUT2D eigenvalue weighted by atomic mass is 9.92. The first-order valence-electron chi connectivity index (χ1n) is 7.22. The smallest absolute Gasteiger partial charge is 0.323 e. The molecule has 0 aliphatic carbocycles. The average molecular weight is 256 g/mol. The number of nitrogens with one attached hydrogen (secondary N) is 1. The van der Waals surface area contributed by atoms with Crippen molar-refractivity contribution >= 4 is 5.97 Å². The summed E-state index contributed by atoms with van der Waals surface area (Å²) in [5.41, 5.74) is -0.799. The second kappa shape index (κ2) is 7.10. The van der Waals surface area contributed by atoms with Gasteiger partial charge in [0.2, 0.25) is 0 Å². The molecule has 0 aromatic heterocycles. The van der Waals surface area contributed by atoms with Gasteiger partial charge in [0.05, 0.1) is 0 Å². The second-order valence-electron chi connectivity index (χ2n) is 5.71. The zero-order valence-corrected chi connectivity index (χ0v) is 12.0. The van der Waals surface area contributed by atoms with Gasteiger partial charge >= 0.3 is 5.97 Å². The van der Waals surface area contributed by atoms with E-state index in [2.05, 4.69) is 24.1 Å². The van der Waals surface area contributed by atoms with Crippen LogP contribution in [0.15, 0.2) is 0 Å². The molecule has 2 unspecified atom stereocenters. The van der Waals surface area contributed by atoms with Gasteiger partial charge in [-0.15, -0.1) is 0 Å². The Labute approximate surface area is 111 Å². The zero-order chi connectivity index (χ0) is 13.6. The molecule has 106 valence electrons. The fourth-order valence-electron chi connectivity index (χ4n) is 2.72. The van der Waals surface area contributed by atoms with Crippen molar-refractivity contribution in [3.05, 3.63) is 0 Å². The monoisotopic (exact) mass is 256 g/mol. The van der Waals surface area contributed by atoms with Gasteiger partial charge in [-0.2, -0.15) is 0 Å². The number of rotatable bonds is 7. The Morgan fingerprint density at radius 1 is 1.39 bits per heavy atom. The van der Waals surface area contributed by atoms with Gasteiger partial charge < -0.3 is 15.3 Å². The van der Waals surface area contributed by atoms with Crippen LogP contribution in [0.25, 0.3) is 0 Å². The predicted octanol–water partition coefficient (Wildman–Crippen LogP) is 2.09. The normalized spacial score (nSPS) is 22.4. The van der Waals surface area contributed by atoms with Crippen LogP contribution in [0, 0.1) is 0 Å². The molecule has 0 radical (unpaired) electrons. The fraction of sp³-hybridized carbons (Fsp3) is 0.929. The summed E-state index contributed by atoms with van der Waals surface area (Å²) in [6.07, 6.45) is 5.43. The molecule has 1 heterocycles. The largest absolute Gasteiger partial charge is 0.480 e. The average Bonchev–Trinajstić information content (AvgIpc) is 2.37. The first-order chi connectivity index (χ1) is 8.49. The maximum Gasteiger partial charge on any atom is 0.323 e. The molecule has 1 fully saturated rings. The number of piperidine rings is 1. The van der Waals surface area contributed by atoms with Gasteiger partial charge in [0.25, 0.3) is 0 Å². The summed E-state index contributed by atoms with van der Waals surface area (Å²) in [5, 5.41) is 12.6. The molecule has 0 aromatic carbocycles. The van der Waals surface area contributed by atoms with Gasteiger partial charge in [-0.3, -0.25) is 4.79 Å². The van der Waals surface area contributed by atoms with E-state index < -0.39 is 11.5 Å². The fourth-order valence-corrected chi connectivity index (χ4v) is 2.72. The predicted molar refractivity (Wildman–Crippen MR) is 73.8 cm³/mol. The molecule has 2 N–H and O–H groups in total. The highest BCUT2D eigenvalue weighted by Gasteiger charge is 2.35. The lowest BCUT2D eigenvalue weighted by Gasteiger charge is -2.37. The van der Waals surface area contributed by atoms with E-state index in [9.17, 15) is 9.90 Å². The van der Waals surface area contributed by atoms with Crippen molar-refractivity contribution in [1.82, 2.24) is 10.2 Å². The Balaban J connectivity index is 2.55. The number of aliphatic carboxylic acids is 1. The molecule has 0 aromatic rings. The Kier molecular flexibility index (Phi) is 6.09. The highest BCUT2D eigenvalue weighted by molar-refractivity contribution is 5.78. The van der Waals surface area contributed by atoms with Crippen molar-refractivity contribution in [2.45, 2.75) is 64.5 Å². The van der Waals surface area contributed by atoms with E-state index >= 15 is 0 Å². The van der Waals surface area contributed by atoms with Crippen LogP contribution in [-0.4, -0.2) is 47.2 Å². The van der Waals surface area contributed by atoms with Crippen molar-refractivity contribution in [1.29, 1.82) is 0 Å². The Bertz CT molecular complexity index is 265. The molecule has 2 atom stereocenters. The molecule has 0 spiro atoms. The summed E-state index contributed by atoms with van der Waals surface area (Å²) in [7, 11) is 0. The molecule has 1 aliphatic rings. The van der Waals surface area contributed by atoms with Gasteiger partial charge in [-0.05, 0) is 59.2 Å². The third-order valence-corrected chi connectivity index (χ3v) is 3.95. The molecular formula is C14H28N2O2. The highest BCUT2D eigenvalue weighted by Crippen LogP contribution is 2.20. The number of nitrogens with zero attached hydrogens (tertiary/aromatic N) is 1. The van der Waals surface area contributed by atoms with E-state index in [4.69, 9.17) is 0 Å². The molecule has 1 aliphatic heterocycles. The summed E-state index contributed by atoms with van der Waals surface area (Å²) in [6, 6.07) is 0.329. The van der Waals surface area contributed by atoms with Gasteiger partial charge in [0.15, 0.2) is 0 Å².